The summed E-state index contributed by atoms with van der Waals surface area (Å²) in [6.07, 6.45) is 6.29. The molecule has 0 bridgehead atoms. The molecule has 0 fully saturated rings. The van der Waals surface area contributed by atoms with E-state index in [-0.39, 0.29) is 0 Å². The van der Waals surface area contributed by atoms with Crippen LogP contribution >= 0.6 is 12.6 Å². The lowest BCUT2D eigenvalue weighted by Gasteiger charge is -2.09. The molecule has 12 heteroatoms. The van der Waals surface area contributed by atoms with Crippen LogP contribution in [0.5, 0.6) is 0 Å². The van der Waals surface area contributed by atoms with Crippen LogP contribution in [0.2, 0.25) is 0 Å². The van der Waals surface area contributed by atoms with E-state index in [9.17, 15) is 0 Å². The van der Waals surface area contributed by atoms with Crippen LogP contribution in [0.1, 0.15) is 39.0 Å². The van der Waals surface area contributed by atoms with Crippen molar-refractivity contribution >= 4 is 12.6 Å². The molecule has 0 saturated carbocycles. The molecule has 0 heterocycles. The maximum Gasteiger partial charge on any atom is 0.0701 e. The van der Waals surface area contributed by atoms with Gasteiger partial charge in [0.1, 0.15) is 0 Å². The first-order valence-electron chi connectivity index (χ1n) is 15.4. The van der Waals surface area contributed by atoms with E-state index in [1.54, 1.807) is 0 Å². The average molecular weight is 617 g/mol. The van der Waals surface area contributed by atoms with Crippen molar-refractivity contribution in [1.29, 1.82) is 0 Å². The van der Waals surface area contributed by atoms with Gasteiger partial charge < -0.3 is 52.1 Å². The van der Waals surface area contributed by atoms with Gasteiger partial charge in [-0.25, -0.2) is 0 Å². The number of hydrogen-bond acceptors (Lipinski definition) is 12. The minimum Gasteiger partial charge on any atom is -0.379 e. The largest absolute Gasteiger partial charge is 0.379 e. The van der Waals surface area contributed by atoms with Crippen LogP contribution in [0.4, 0.5) is 0 Å². The molecular weight excluding hydrogens is 556 g/mol. The third kappa shape index (κ3) is 39.9. The molecule has 0 radical (unpaired) electrons. The van der Waals surface area contributed by atoms with Crippen LogP contribution < -0.4 is 0 Å². The van der Waals surface area contributed by atoms with Gasteiger partial charge in [0.2, 0.25) is 0 Å². The van der Waals surface area contributed by atoms with Gasteiger partial charge in [0.05, 0.1) is 139 Å². The van der Waals surface area contributed by atoms with Crippen molar-refractivity contribution in [3.63, 3.8) is 0 Å². The van der Waals surface area contributed by atoms with Crippen molar-refractivity contribution < 1.29 is 52.1 Å². The van der Waals surface area contributed by atoms with Gasteiger partial charge in [-0.3, -0.25) is 0 Å². The molecule has 0 aliphatic heterocycles. The topological polar surface area (TPSA) is 102 Å². The molecule has 0 amide bonds. The summed E-state index contributed by atoms with van der Waals surface area (Å²) in [5.41, 5.74) is 0. The van der Waals surface area contributed by atoms with Gasteiger partial charge in [0, 0.05) is 12.4 Å². The van der Waals surface area contributed by atoms with E-state index in [1.165, 1.54) is 25.7 Å². The van der Waals surface area contributed by atoms with Crippen LogP contribution in [0, 0.1) is 0 Å². The molecule has 0 rings (SSSR count). The highest BCUT2D eigenvalue weighted by atomic mass is 32.1. The van der Waals surface area contributed by atoms with E-state index >= 15 is 0 Å². The van der Waals surface area contributed by atoms with E-state index in [2.05, 4.69) is 19.6 Å². The highest BCUT2D eigenvalue weighted by Crippen LogP contribution is 2.02. The Morgan fingerprint density at radius 1 is 0.268 bits per heavy atom. The van der Waals surface area contributed by atoms with Crippen molar-refractivity contribution in [2.24, 2.45) is 0 Å². The zero-order valence-corrected chi connectivity index (χ0v) is 26.6. The molecular formula is C29H60O11S. The highest BCUT2D eigenvalue weighted by Gasteiger charge is 1.96. The first kappa shape index (κ1) is 40.9. The molecule has 11 nitrogen and oxygen atoms in total. The number of thiol groups is 1. The van der Waals surface area contributed by atoms with Crippen LogP contribution in [-0.2, 0) is 52.1 Å². The molecule has 0 spiro atoms. The molecule has 0 aromatic heterocycles. The molecule has 0 atom stereocenters. The Morgan fingerprint density at radius 2 is 0.488 bits per heavy atom. The smallest absolute Gasteiger partial charge is 0.0701 e. The maximum atomic E-state index is 5.55. The fourth-order valence-corrected chi connectivity index (χ4v) is 3.30. The summed E-state index contributed by atoms with van der Waals surface area (Å²) in [4.78, 5) is 0. The van der Waals surface area contributed by atoms with Crippen LogP contribution in [0.15, 0.2) is 0 Å². The van der Waals surface area contributed by atoms with E-state index in [4.69, 9.17) is 52.1 Å². The molecule has 0 N–H and O–H groups in total. The Morgan fingerprint density at radius 3 is 0.732 bits per heavy atom. The van der Waals surface area contributed by atoms with Crippen molar-refractivity contribution in [3.05, 3.63) is 0 Å². The second-order valence-corrected chi connectivity index (χ2v) is 9.32. The SMILES string of the molecule is CCCCCCCOCCOCCOCCOCCOCCOCCOCCOCCOCCOCCOCCS. The third-order valence-electron chi connectivity index (χ3n) is 5.35. The van der Waals surface area contributed by atoms with Crippen molar-refractivity contribution in [2.45, 2.75) is 39.0 Å². The van der Waals surface area contributed by atoms with E-state index < -0.39 is 0 Å². The second kappa shape index (κ2) is 39.9. The second-order valence-electron chi connectivity index (χ2n) is 8.87. The van der Waals surface area contributed by atoms with Crippen molar-refractivity contribution in [2.75, 3.05) is 151 Å². The van der Waals surface area contributed by atoms with Crippen LogP contribution in [0.25, 0.3) is 0 Å². The lowest BCUT2D eigenvalue weighted by molar-refractivity contribution is -0.0274. The molecule has 41 heavy (non-hydrogen) atoms. The monoisotopic (exact) mass is 616 g/mol. The quantitative estimate of drug-likeness (QED) is 0.0818. The Hall–Kier alpha value is -0.0900. The van der Waals surface area contributed by atoms with E-state index in [0.29, 0.717) is 139 Å². The number of hydrogen-bond donors (Lipinski definition) is 1. The average Bonchev–Trinajstić information content (AvgIpc) is 2.98. The minimum atomic E-state index is 0.524. The van der Waals surface area contributed by atoms with E-state index in [0.717, 1.165) is 18.8 Å². The summed E-state index contributed by atoms with van der Waals surface area (Å²) in [7, 11) is 0. The summed E-state index contributed by atoms with van der Waals surface area (Å²) in [5, 5.41) is 0. The standard InChI is InChI=1S/C29H60O11S/c1-2-3-4-5-6-7-30-8-9-31-10-11-32-12-13-33-14-15-34-16-17-35-18-19-36-20-21-37-22-23-38-24-25-39-26-27-40-28-29-41/h41H,2-29H2,1H3. The molecule has 248 valence electrons. The molecule has 0 unspecified atom stereocenters. The third-order valence-corrected chi connectivity index (χ3v) is 5.53. The van der Waals surface area contributed by atoms with Gasteiger partial charge in [-0.05, 0) is 6.42 Å². The summed E-state index contributed by atoms with van der Waals surface area (Å²) in [6, 6.07) is 0. The summed E-state index contributed by atoms with van der Waals surface area (Å²) < 4.78 is 59.9. The van der Waals surface area contributed by atoms with E-state index in [1.807, 2.05) is 0 Å². The number of ether oxygens (including phenoxy) is 11. The Bertz CT molecular complexity index is 415. The minimum absolute atomic E-state index is 0.524. The molecule has 0 aliphatic carbocycles. The van der Waals surface area contributed by atoms with Gasteiger partial charge in [-0.1, -0.05) is 32.6 Å². The summed E-state index contributed by atoms with van der Waals surface area (Å²) >= 11 is 4.07. The zero-order valence-electron chi connectivity index (χ0n) is 25.7. The van der Waals surface area contributed by atoms with Gasteiger partial charge in [-0.2, -0.15) is 12.6 Å². The first-order chi connectivity index (χ1) is 20.4. The predicted molar refractivity (Wildman–Crippen MR) is 162 cm³/mol. The lowest BCUT2D eigenvalue weighted by Crippen LogP contribution is -2.15. The van der Waals surface area contributed by atoms with Gasteiger partial charge in [-0.15, -0.1) is 0 Å². The fraction of sp³-hybridized carbons (Fsp3) is 1.00. The Balaban J connectivity index is 3.02. The van der Waals surface area contributed by atoms with Gasteiger partial charge in [0.15, 0.2) is 0 Å². The van der Waals surface area contributed by atoms with Crippen LogP contribution in [-0.4, -0.2) is 151 Å². The van der Waals surface area contributed by atoms with Crippen molar-refractivity contribution in [1.82, 2.24) is 0 Å². The molecule has 0 aliphatic rings. The highest BCUT2D eigenvalue weighted by molar-refractivity contribution is 7.80. The normalized spacial score (nSPS) is 11.6. The molecule has 0 aromatic carbocycles. The number of unbranched alkanes of at least 4 members (excludes halogenated alkanes) is 4. The fourth-order valence-electron chi connectivity index (χ4n) is 3.17. The summed E-state index contributed by atoms with van der Waals surface area (Å²) in [6.45, 7) is 14.7. The van der Waals surface area contributed by atoms with Gasteiger partial charge in [0.25, 0.3) is 0 Å². The molecule has 0 saturated heterocycles. The maximum absolute atomic E-state index is 5.55. The first-order valence-corrected chi connectivity index (χ1v) is 16.0. The molecule has 0 aromatic rings. The zero-order chi connectivity index (χ0) is 29.6. The van der Waals surface area contributed by atoms with Gasteiger partial charge >= 0.3 is 0 Å². The number of rotatable bonds is 38. The van der Waals surface area contributed by atoms with Crippen molar-refractivity contribution in [3.8, 4) is 0 Å². The Labute approximate surface area is 254 Å². The Kier molecular flexibility index (Phi) is 39.8. The summed E-state index contributed by atoms with van der Waals surface area (Å²) in [5.74, 6) is 0.723. The lowest BCUT2D eigenvalue weighted by atomic mass is 10.2. The predicted octanol–water partition coefficient (Wildman–Crippen LogP) is 3.07. The van der Waals surface area contributed by atoms with Crippen LogP contribution in [0.3, 0.4) is 0 Å².